The Morgan fingerprint density at radius 3 is 2.87 bits per heavy atom. The van der Waals surface area contributed by atoms with Crippen molar-refractivity contribution in [2.24, 2.45) is 0 Å². The molecule has 116 valence electrons. The quantitative estimate of drug-likeness (QED) is 0.759. The lowest BCUT2D eigenvalue weighted by Crippen LogP contribution is -2.35. The third-order valence-electron chi connectivity index (χ3n) is 4.10. The van der Waals surface area contributed by atoms with E-state index in [-0.39, 0.29) is 5.91 Å². The van der Waals surface area contributed by atoms with Crippen molar-refractivity contribution in [1.82, 2.24) is 25.3 Å². The molecule has 0 fully saturated rings. The van der Waals surface area contributed by atoms with Crippen molar-refractivity contribution in [3.63, 3.8) is 0 Å². The molecular weight excluding hydrogens is 314 g/mol. The molecule has 2 N–H and O–H groups in total. The van der Waals surface area contributed by atoms with E-state index < -0.39 is 0 Å². The number of amides is 1. The maximum Gasteiger partial charge on any atom is 0.258 e. The van der Waals surface area contributed by atoms with E-state index in [1.165, 1.54) is 0 Å². The minimum atomic E-state index is -0.0551. The highest BCUT2D eigenvalue weighted by molar-refractivity contribution is 6.33. The molecule has 1 aromatic carbocycles. The van der Waals surface area contributed by atoms with Gasteiger partial charge in [0, 0.05) is 41.4 Å². The van der Waals surface area contributed by atoms with Crippen LogP contribution in [0.5, 0.6) is 0 Å². The van der Waals surface area contributed by atoms with Crippen LogP contribution in [-0.4, -0.2) is 37.7 Å². The van der Waals surface area contributed by atoms with Gasteiger partial charge in [0.1, 0.15) is 0 Å². The third kappa shape index (κ3) is 2.41. The summed E-state index contributed by atoms with van der Waals surface area (Å²) in [5, 5.41) is 14.5. The minimum Gasteiger partial charge on any atom is -0.334 e. The molecule has 2 aromatic heterocycles. The number of nitrogens with one attached hydrogen (secondary N) is 2. The summed E-state index contributed by atoms with van der Waals surface area (Å²) in [7, 11) is 0. The van der Waals surface area contributed by atoms with Crippen molar-refractivity contribution in [3.05, 3.63) is 58.5 Å². The number of H-pyrrole nitrogens is 2. The van der Waals surface area contributed by atoms with Crippen LogP contribution in [0.4, 0.5) is 0 Å². The first-order chi connectivity index (χ1) is 11.2. The van der Waals surface area contributed by atoms with Gasteiger partial charge in [-0.15, -0.1) is 0 Å². The van der Waals surface area contributed by atoms with Crippen molar-refractivity contribution in [3.8, 4) is 11.3 Å². The van der Waals surface area contributed by atoms with Gasteiger partial charge in [-0.1, -0.05) is 29.8 Å². The monoisotopic (exact) mass is 327 g/mol. The van der Waals surface area contributed by atoms with Crippen LogP contribution in [0.1, 0.15) is 21.6 Å². The van der Waals surface area contributed by atoms with E-state index in [0.717, 1.165) is 23.2 Å². The summed E-state index contributed by atoms with van der Waals surface area (Å²) in [6, 6.07) is 7.41. The molecule has 3 aromatic rings. The Balaban J connectivity index is 1.66. The number of benzene rings is 1. The van der Waals surface area contributed by atoms with E-state index in [4.69, 9.17) is 11.6 Å². The number of fused-ring (bicyclic) bond motifs is 1. The van der Waals surface area contributed by atoms with Gasteiger partial charge in [0.25, 0.3) is 5.91 Å². The van der Waals surface area contributed by atoms with Gasteiger partial charge in [0.05, 0.1) is 23.7 Å². The smallest absolute Gasteiger partial charge is 0.258 e. The van der Waals surface area contributed by atoms with E-state index in [1.807, 2.05) is 23.1 Å². The predicted octanol–water partition coefficient (Wildman–Crippen LogP) is 2.65. The van der Waals surface area contributed by atoms with E-state index in [2.05, 4.69) is 20.4 Å². The largest absolute Gasteiger partial charge is 0.334 e. The van der Waals surface area contributed by atoms with E-state index >= 15 is 0 Å². The van der Waals surface area contributed by atoms with Crippen molar-refractivity contribution in [2.75, 3.05) is 6.54 Å². The number of aromatic amines is 2. The Morgan fingerprint density at radius 2 is 2.00 bits per heavy atom. The molecule has 23 heavy (non-hydrogen) atoms. The van der Waals surface area contributed by atoms with Crippen LogP contribution >= 0.6 is 11.6 Å². The highest BCUT2D eigenvalue weighted by atomic mass is 35.5. The van der Waals surface area contributed by atoms with Gasteiger partial charge >= 0.3 is 0 Å². The van der Waals surface area contributed by atoms with Gasteiger partial charge in [-0.2, -0.15) is 10.2 Å². The summed E-state index contributed by atoms with van der Waals surface area (Å²) in [5.74, 6) is -0.0551. The molecule has 3 heterocycles. The topological polar surface area (TPSA) is 77.7 Å². The van der Waals surface area contributed by atoms with Crippen LogP contribution in [-0.2, 0) is 13.0 Å². The molecule has 1 amide bonds. The van der Waals surface area contributed by atoms with Crippen molar-refractivity contribution in [2.45, 2.75) is 13.0 Å². The zero-order valence-electron chi connectivity index (χ0n) is 12.2. The fraction of sp³-hybridized carbons (Fsp3) is 0.188. The first-order valence-electron chi connectivity index (χ1n) is 7.32. The summed E-state index contributed by atoms with van der Waals surface area (Å²) in [4.78, 5) is 14.7. The Kier molecular flexibility index (Phi) is 3.38. The zero-order chi connectivity index (χ0) is 15.8. The van der Waals surface area contributed by atoms with Gasteiger partial charge in [-0.05, 0) is 6.07 Å². The average molecular weight is 328 g/mol. The molecule has 4 rings (SSSR count). The summed E-state index contributed by atoms with van der Waals surface area (Å²) >= 11 is 6.25. The van der Waals surface area contributed by atoms with E-state index in [9.17, 15) is 4.79 Å². The standard InChI is InChI=1S/C16H14ClN5O/c17-13-4-2-1-3-11(13)15-12(8-19-21-15)16(23)22-6-5-14-10(9-22)7-18-20-14/h1-4,7-8H,5-6,9H2,(H,18,20)(H,19,21). The Bertz CT molecular complexity index is 869. The first-order valence-corrected chi connectivity index (χ1v) is 7.70. The molecule has 6 nitrogen and oxygen atoms in total. The second-order valence-electron chi connectivity index (χ2n) is 5.49. The molecule has 0 saturated carbocycles. The molecule has 1 aliphatic rings. The second kappa shape index (κ2) is 5.55. The van der Waals surface area contributed by atoms with E-state index in [1.54, 1.807) is 18.5 Å². The number of nitrogens with zero attached hydrogens (tertiary/aromatic N) is 3. The molecule has 0 saturated heterocycles. The molecule has 0 unspecified atom stereocenters. The molecular formula is C16H14ClN5O. The van der Waals surface area contributed by atoms with Crippen LogP contribution in [0.2, 0.25) is 5.02 Å². The first kappa shape index (κ1) is 14.0. The van der Waals surface area contributed by atoms with E-state index in [0.29, 0.717) is 29.4 Å². The SMILES string of the molecule is O=C(c1cn[nH]c1-c1ccccc1Cl)N1CCc2[nH]ncc2C1. The van der Waals surface area contributed by atoms with Gasteiger partial charge in [0.15, 0.2) is 0 Å². The molecule has 0 aliphatic carbocycles. The molecule has 0 bridgehead atoms. The Morgan fingerprint density at radius 1 is 1.17 bits per heavy atom. The molecule has 0 radical (unpaired) electrons. The fourth-order valence-corrected chi connectivity index (χ4v) is 3.11. The number of carbonyl (C=O) groups is 1. The normalized spacial score (nSPS) is 13.9. The molecule has 7 heteroatoms. The van der Waals surface area contributed by atoms with Gasteiger partial charge < -0.3 is 4.90 Å². The maximum atomic E-state index is 12.9. The zero-order valence-corrected chi connectivity index (χ0v) is 13.0. The lowest BCUT2D eigenvalue weighted by molar-refractivity contribution is 0.0735. The summed E-state index contributed by atoms with van der Waals surface area (Å²) in [5.41, 5.74) is 4.12. The minimum absolute atomic E-state index is 0.0551. The van der Waals surface area contributed by atoms with Crippen LogP contribution < -0.4 is 0 Å². The third-order valence-corrected chi connectivity index (χ3v) is 4.43. The number of rotatable bonds is 2. The predicted molar refractivity (Wildman–Crippen MR) is 86.1 cm³/mol. The number of hydrogen-bond acceptors (Lipinski definition) is 3. The summed E-state index contributed by atoms with van der Waals surface area (Å²) in [6.07, 6.45) is 4.12. The highest BCUT2D eigenvalue weighted by Crippen LogP contribution is 2.29. The molecule has 0 spiro atoms. The second-order valence-corrected chi connectivity index (χ2v) is 5.90. The fourth-order valence-electron chi connectivity index (χ4n) is 2.88. The Hall–Kier alpha value is -2.60. The van der Waals surface area contributed by atoms with Crippen LogP contribution in [0.15, 0.2) is 36.7 Å². The van der Waals surface area contributed by atoms with Gasteiger partial charge in [0.2, 0.25) is 0 Å². The van der Waals surface area contributed by atoms with Crippen molar-refractivity contribution < 1.29 is 4.79 Å². The van der Waals surface area contributed by atoms with Crippen molar-refractivity contribution in [1.29, 1.82) is 0 Å². The number of halogens is 1. The van der Waals surface area contributed by atoms with Crippen LogP contribution in [0, 0.1) is 0 Å². The average Bonchev–Trinajstić information content (AvgIpc) is 3.23. The summed E-state index contributed by atoms with van der Waals surface area (Å²) in [6.45, 7) is 1.21. The Labute approximate surface area is 137 Å². The van der Waals surface area contributed by atoms with Gasteiger partial charge in [-0.25, -0.2) is 0 Å². The lowest BCUT2D eigenvalue weighted by Gasteiger charge is -2.26. The number of hydrogen-bond donors (Lipinski definition) is 2. The highest BCUT2D eigenvalue weighted by Gasteiger charge is 2.26. The van der Waals surface area contributed by atoms with Crippen LogP contribution in [0.25, 0.3) is 11.3 Å². The molecule has 0 atom stereocenters. The lowest BCUT2D eigenvalue weighted by atomic mass is 10.0. The van der Waals surface area contributed by atoms with Gasteiger partial charge in [-0.3, -0.25) is 15.0 Å². The maximum absolute atomic E-state index is 12.9. The number of carbonyl (C=O) groups excluding carboxylic acids is 1. The summed E-state index contributed by atoms with van der Waals surface area (Å²) < 4.78 is 0. The molecule has 1 aliphatic heterocycles. The van der Waals surface area contributed by atoms with Crippen LogP contribution in [0.3, 0.4) is 0 Å². The van der Waals surface area contributed by atoms with Crippen molar-refractivity contribution >= 4 is 17.5 Å². The number of aromatic nitrogens is 4.